The van der Waals surface area contributed by atoms with Crippen molar-refractivity contribution in [3.63, 3.8) is 0 Å². The van der Waals surface area contributed by atoms with E-state index in [1.807, 2.05) is 17.5 Å². The Bertz CT molecular complexity index is 1430. The second-order valence-corrected chi connectivity index (χ2v) is 11.7. The van der Waals surface area contributed by atoms with E-state index in [1.165, 1.54) is 15.8 Å². The number of hydrogen-bond acceptors (Lipinski definition) is 4. The van der Waals surface area contributed by atoms with Crippen LogP contribution in [0.5, 0.6) is 0 Å². The Morgan fingerprint density at radius 1 is 0.795 bits per heavy atom. The molecule has 5 rings (SSSR count). The van der Waals surface area contributed by atoms with Crippen molar-refractivity contribution in [1.82, 2.24) is 10.6 Å². The molecule has 2 aromatic carbocycles. The fraction of sp³-hybridized carbons (Fsp3) is 0.267. The Morgan fingerprint density at radius 3 is 2.18 bits per heavy atom. The summed E-state index contributed by atoms with van der Waals surface area (Å²) >= 11 is 3.34. The van der Waals surface area contributed by atoms with Crippen LogP contribution in [0.2, 0.25) is 0 Å². The molecule has 4 nitrogen and oxygen atoms in total. The second-order valence-electron chi connectivity index (χ2n) is 9.60. The number of halogens is 3. The number of alkyl halides is 3. The van der Waals surface area contributed by atoms with Crippen molar-refractivity contribution in [2.45, 2.75) is 38.5 Å². The molecule has 202 valence electrons. The van der Waals surface area contributed by atoms with E-state index < -0.39 is 11.7 Å². The highest BCUT2D eigenvalue weighted by Gasteiger charge is 2.37. The van der Waals surface area contributed by atoms with E-state index in [0.717, 1.165) is 29.0 Å². The van der Waals surface area contributed by atoms with Gasteiger partial charge in [-0.3, -0.25) is 9.59 Å². The lowest BCUT2D eigenvalue weighted by atomic mass is 9.94. The lowest BCUT2D eigenvalue weighted by Gasteiger charge is -2.19. The molecule has 2 aromatic heterocycles. The van der Waals surface area contributed by atoms with Gasteiger partial charge in [0.15, 0.2) is 0 Å². The van der Waals surface area contributed by atoms with E-state index in [1.54, 1.807) is 53.0 Å². The van der Waals surface area contributed by atoms with Gasteiger partial charge in [-0.05, 0) is 65.2 Å². The van der Waals surface area contributed by atoms with Crippen molar-refractivity contribution in [3.8, 4) is 20.9 Å². The molecule has 1 saturated carbocycles. The highest BCUT2D eigenvalue weighted by molar-refractivity contribution is 7.21. The number of benzene rings is 2. The van der Waals surface area contributed by atoms with Gasteiger partial charge in [-0.25, -0.2) is 0 Å². The lowest BCUT2D eigenvalue weighted by Crippen LogP contribution is -2.39. The number of rotatable bonds is 8. The van der Waals surface area contributed by atoms with Gasteiger partial charge in [0.2, 0.25) is 11.8 Å². The molecule has 2 amide bonds. The normalized spacial score (nSPS) is 17.2. The number of carbonyl (C=O) groups is 2. The molecule has 0 radical (unpaired) electrons. The minimum atomic E-state index is -4.40. The highest BCUT2D eigenvalue weighted by atomic mass is 32.1. The summed E-state index contributed by atoms with van der Waals surface area (Å²) in [6, 6.07) is 20.5. The summed E-state index contributed by atoms with van der Waals surface area (Å²) in [6.45, 7) is 0.727. The minimum Gasteiger partial charge on any atom is -0.352 e. The third-order valence-electron chi connectivity index (χ3n) is 7.00. The largest absolute Gasteiger partial charge is 0.416 e. The first-order chi connectivity index (χ1) is 18.8. The molecule has 1 unspecified atom stereocenters. The molecule has 0 spiro atoms. The summed E-state index contributed by atoms with van der Waals surface area (Å²) in [5, 5.41) is 8.00. The van der Waals surface area contributed by atoms with Crippen molar-refractivity contribution >= 4 is 34.5 Å². The Labute approximate surface area is 232 Å². The fourth-order valence-corrected chi connectivity index (χ4v) is 6.71. The Morgan fingerprint density at radius 2 is 1.51 bits per heavy atom. The topological polar surface area (TPSA) is 58.2 Å². The zero-order chi connectivity index (χ0) is 27.4. The highest BCUT2D eigenvalue weighted by Crippen LogP contribution is 2.34. The zero-order valence-electron chi connectivity index (χ0n) is 21.0. The Kier molecular flexibility index (Phi) is 8.18. The molecule has 1 aliphatic rings. The van der Waals surface area contributed by atoms with Crippen LogP contribution in [0.1, 0.15) is 35.3 Å². The number of hydrogen-bond donors (Lipinski definition) is 2. The SMILES string of the molecule is O=C(NCc1ccc(-c2cccc(C(F)(F)F)c2)cc1)C1CCC[C@H]1C(=O)NCc1ccc(-c2cccs2)s1. The number of nitrogens with one attached hydrogen (secondary N) is 2. The molecule has 1 aliphatic carbocycles. The maximum atomic E-state index is 13.0. The van der Waals surface area contributed by atoms with E-state index in [4.69, 9.17) is 0 Å². The average molecular weight is 569 g/mol. The van der Waals surface area contributed by atoms with E-state index in [2.05, 4.69) is 22.8 Å². The van der Waals surface area contributed by atoms with Crippen LogP contribution < -0.4 is 10.6 Å². The number of carbonyl (C=O) groups excluding carboxylic acids is 2. The molecule has 0 aliphatic heterocycles. The minimum absolute atomic E-state index is 0.0934. The zero-order valence-corrected chi connectivity index (χ0v) is 22.6. The van der Waals surface area contributed by atoms with Crippen LogP contribution in [0.25, 0.3) is 20.9 Å². The first-order valence-electron chi connectivity index (χ1n) is 12.7. The summed E-state index contributed by atoms with van der Waals surface area (Å²) < 4.78 is 39.1. The third-order valence-corrected chi connectivity index (χ3v) is 9.15. The second kappa shape index (κ2) is 11.8. The van der Waals surface area contributed by atoms with Gasteiger partial charge in [0.1, 0.15) is 0 Å². The molecule has 2 N–H and O–H groups in total. The van der Waals surface area contributed by atoms with Crippen LogP contribution in [-0.4, -0.2) is 11.8 Å². The Hall–Kier alpha value is -3.43. The van der Waals surface area contributed by atoms with Crippen LogP contribution in [0.3, 0.4) is 0 Å². The summed E-state index contributed by atoms with van der Waals surface area (Å²) in [5.41, 5.74) is 1.28. The molecule has 2 atom stereocenters. The van der Waals surface area contributed by atoms with Gasteiger partial charge < -0.3 is 10.6 Å². The van der Waals surface area contributed by atoms with Gasteiger partial charge in [-0.15, -0.1) is 22.7 Å². The van der Waals surface area contributed by atoms with Crippen molar-refractivity contribution < 1.29 is 22.8 Å². The van der Waals surface area contributed by atoms with Gasteiger partial charge >= 0.3 is 6.18 Å². The molecular formula is C30H27F3N2O2S2. The van der Waals surface area contributed by atoms with E-state index in [-0.39, 0.29) is 30.2 Å². The Balaban J connectivity index is 1.13. The molecule has 0 saturated heterocycles. The quantitative estimate of drug-likeness (QED) is 0.231. The van der Waals surface area contributed by atoms with Gasteiger partial charge in [0.05, 0.1) is 12.1 Å². The van der Waals surface area contributed by atoms with Gasteiger partial charge in [-0.1, -0.05) is 48.9 Å². The first-order valence-corrected chi connectivity index (χ1v) is 14.4. The van der Waals surface area contributed by atoms with Crippen LogP contribution >= 0.6 is 22.7 Å². The van der Waals surface area contributed by atoms with Crippen LogP contribution in [-0.2, 0) is 28.9 Å². The number of thiophene rings is 2. The van der Waals surface area contributed by atoms with Crippen LogP contribution in [0.15, 0.2) is 78.2 Å². The van der Waals surface area contributed by atoms with E-state index >= 15 is 0 Å². The first kappa shape index (κ1) is 27.1. The molecule has 9 heteroatoms. The maximum Gasteiger partial charge on any atom is 0.416 e. The van der Waals surface area contributed by atoms with Crippen molar-refractivity contribution in [3.05, 3.63) is 94.2 Å². The predicted molar refractivity (Wildman–Crippen MR) is 149 cm³/mol. The van der Waals surface area contributed by atoms with Gasteiger partial charge in [0, 0.05) is 33.0 Å². The molecule has 1 fully saturated rings. The smallest absolute Gasteiger partial charge is 0.352 e. The average Bonchev–Trinajstić information content (AvgIpc) is 3.72. The summed E-state index contributed by atoms with van der Waals surface area (Å²) in [4.78, 5) is 29.4. The summed E-state index contributed by atoms with van der Waals surface area (Å²) in [6.07, 6.45) is -2.23. The van der Waals surface area contributed by atoms with Gasteiger partial charge in [-0.2, -0.15) is 13.2 Å². The van der Waals surface area contributed by atoms with Crippen LogP contribution in [0, 0.1) is 11.8 Å². The van der Waals surface area contributed by atoms with E-state index in [9.17, 15) is 22.8 Å². The monoisotopic (exact) mass is 568 g/mol. The summed E-state index contributed by atoms with van der Waals surface area (Å²) in [7, 11) is 0. The van der Waals surface area contributed by atoms with Crippen molar-refractivity contribution in [2.75, 3.05) is 0 Å². The molecule has 0 bridgehead atoms. The third kappa shape index (κ3) is 6.59. The predicted octanol–water partition coefficient (Wildman–Crippen LogP) is 7.51. The molecule has 2 heterocycles. The summed E-state index contributed by atoms with van der Waals surface area (Å²) in [5.74, 6) is -0.973. The van der Waals surface area contributed by atoms with Crippen LogP contribution in [0.4, 0.5) is 13.2 Å². The maximum absolute atomic E-state index is 13.0. The number of amides is 2. The van der Waals surface area contributed by atoms with Gasteiger partial charge in [0.25, 0.3) is 0 Å². The fourth-order valence-electron chi connectivity index (χ4n) is 4.93. The van der Waals surface area contributed by atoms with E-state index in [0.29, 0.717) is 30.5 Å². The van der Waals surface area contributed by atoms with Crippen molar-refractivity contribution in [2.24, 2.45) is 11.8 Å². The lowest BCUT2D eigenvalue weighted by molar-refractivity contribution is -0.137. The van der Waals surface area contributed by atoms with Crippen molar-refractivity contribution in [1.29, 1.82) is 0 Å². The standard InChI is InChI=1S/C30H27F3N2O2S2/c31-30(32,33)22-5-1-4-21(16-22)20-11-9-19(10-12-20)17-34-28(36)24-6-2-7-25(24)29(37)35-18-23-13-14-27(39-23)26-8-3-15-38-26/h1,3-5,8-16,24-25H,2,6-7,17-18H2,(H,34,36)(H,35,37)/t24?,25-/m1/s1. The molecule has 4 aromatic rings. The molecular weight excluding hydrogens is 541 g/mol. The molecule has 39 heavy (non-hydrogen) atoms.